The molecule has 2 aliphatic heterocycles. The molecule has 306 valence electrons. The lowest BCUT2D eigenvalue weighted by molar-refractivity contribution is 0.686. The number of rotatable bonds is 2. The highest BCUT2D eigenvalue weighted by molar-refractivity contribution is 7.00. The van der Waals surface area contributed by atoms with Gasteiger partial charge in [0.25, 0.3) is 6.71 Å². The van der Waals surface area contributed by atoms with Gasteiger partial charge in [0.15, 0.2) is 0 Å². The first-order chi connectivity index (χ1) is 32.2. The van der Waals surface area contributed by atoms with Crippen LogP contribution in [-0.2, 0) is 25.7 Å². The summed E-state index contributed by atoms with van der Waals surface area (Å²) in [5.74, 6) is 0. The fraction of sp³-hybridized carbons (Fsp3) is 0.129. The van der Waals surface area contributed by atoms with Crippen molar-refractivity contribution in [1.82, 2.24) is 0 Å². The van der Waals surface area contributed by atoms with E-state index in [4.69, 9.17) is 0 Å². The zero-order chi connectivity index (χ0) is 42.3. The molecule has 11 aromatic rings. The van der Waals surface area contributed by atoms with E-state index < -0.39 is 0 Å². The van der Waals surface area contributed by atoms with Crippen LogP contribution in [0.2, 0.25) is 0 Å². The van der Waals surface area contributed by atoms with Gasteiger partial charge in [-0.05, 0) is 203 Å². The largest absolute Gasteiger partial charge is 0.311 e. The average Bonchev–Trinajstić information content (AvgIpc) is 3.37. The minimum atomic E-state index is 0.119. The van der Waals surface area contributed by atoms with E-state index in [0.717, 1.165) is 25.7 Å². The quantitative estimate of drug-likeness (QED) is 0.127. The van der Waals surface area contributed by atoms with Crippen LogP contribution in [0.15, 0.2) is 176 Å². The molecular weight excluding hydrogens is 784 g/mol. The van der Waals surface area contributed by atoms with Crippen LogP contribution in [0.5, 0.6) is 0 Å². The lowest BCUT2D eigenvalue weighted by Gasteiger charge is -2.45. The maximum atomic E-state index is 2.65. The Morgan fingerprint density at radius 3 is 0.969 bits per heavy atom. The lowest BCUT2D eigenvalue weighted by Crippen LogP contribution is -2.61. The summed E-state index contributed by atoms with van der Waals surface area (Å²) >= 11 is 0. The Morgan fingerprint density at radius 2 is 0.600 bits per heavy atom. The number of nitrogens with zero attached hydrogens (tertiary/aromatic N) is 2. The van der Waals surface area contributed by atoms with Crippen molar-refractivity contribution in [2.75, 3.05) is 9.80 Å². The van der Waals surface area contributed by atoms with E-state index in [1.807, 2.05) is 0 Å². The highest BCUT2D eigenvalue weighted by Gasteiger charge is 2.44. The molecule has 11 aromatic carbocycles. The Morgan fingerprint density at radius 1 is 0.277 bits per heavy atom. The Bertz CT molecular complexity index is 3560. The molecule has 0 spiro atoms. The minimum Gasteiger partial charge on any atom is -0.311 e. The van der Waals surface area contributed by atoms with Gasteiger partial charge in [-0.1, -0.05) is 127 Å². The van der Waals surface area contributed by atoms with Gasteiger partial charge in [-0.15, -0.1) is 0 Å². The van der Waals surface area contributed by atoms with Gasteiger partial charge in [0.05, 0.1) is 0 Å². The first kappa shape index (κ1) is 36.0. The van der Waals surface area contributed by atoms with Crippen molar-refractivity contribution in [2.45, 2.75) is 51.4 Å². The van der Waals surface area contributed by atoms with Crippen LogP contribution < -0.4 is 26.2 Å². The van der Waals surface area contributed by atoms with Crippen LogP contribution in [0.3, 0.4) is 0 Å². The predicted molar refractivity (Wildman–Crippen MR) is 279 cm³/mol. The molecule has 0 amide bonds. The zero-order valence-electron chi connectivity index (χ0n) is 36.4. The molecule has 0 N–H and O–H groups in total. The molecule has 3 heteroatoms. The summed E-state index contributed by atoms with van der Waals surface area (Å²) < 4.78 is 0. The Kier molecular flexibility index (Phi) is 7.53. The van der Waals surface area contributed by atoms with Crippen molar-refractivity contribution in [3.05, 3.63) is 198 Å². The highest BCUT2D eigenvalue weighted by Crippen LogP contribution is 2.48. The van der Waals surface area contributed by atoms with Crippen LogP contribution in [-0.4, -0.2) is 6.71 Å². The van der Waals surface area contributed by atoms with Crippen molar-refractivity contribution in [2.24, 2.45) is 0 Å². The molecule has 0 aromatic heterocycles. The van der Waals surface area contributed by atoms with Crippen LogP contribution in [0.25, 0.3) is 64.6 Å². The van der Waals surface area contributed by atoms with Crippen LogP contribution >= 0.6 is 0 Å². The van der Waals surface area contributed by atoms with E-state index in [2.05, 4.69) is 186 Å². The standard InChI is InChI=1S/C62H45BN2/c1-3-16-40-34-60-56(32-38(40)14-1)63-57-33-39-15-2-4-17-41(39)35-61(57)65(43-29-31-53-49-23-8-6-19-45(49)47-21-10-12-25-51(47)55(53)37-43)59-27-13-26-58(62(59)63)64(60)42-28-30-52-48-22-7-5-18-44(48)46-20-9-11-24-50(46)54(52)36-42/h5-13,18-37H,1-4,14-17H2. The summed E-state index contributed by atoms with van der Waals surface area (Å²) in [6.07, 6.45) is 9.63. The molecule has 2 aliphatic carbocycles. The predicted octanol–water partition coefficient (Wildman–Crippen LogP) is 14.4. The lowest BCUT2D eigenvalue weighted by atomic mass is 9.33. The van der Waals surface area contributed by atoms with Gasteiger partial charge < -0.3 is 9.80 Å². The highest BCUT2D eigenvalue weighted by atomic mass is 15.2. The first-order valence-electron chi connectivity index (χ1n) is 24.0. The third-order valence-corrected chi connectivity index (χ3v) is 15.9. The van der Waals surface area contributed by atoms with Crippen LogP contribution in [0.4, 0.5) is 34.1 Å². The van der Waals surface area contributed by atoms with Gasteiger partial charge in [-0.25, -0.2) is 0 Å². The normalized spacial score (nSPS) is 15.1. The number of aryl methyl sites for hydroxylation is 4. The van der Waals surface area contributed by atoms with Crippen LogP contribution in [0.1, 0.15) is 47.9 Å². The molecule has 0 saturated carbocycles. The fourth-order valence-electron chi connectivity index (χ4n) is 13.0. The molecule has 15 rings (SSSR count). The third kappa shape index (κ3) is 5.07. The monoisotopic (exact) mass is 828 g/mol. The Hall–Kier alpha value is -7.36. The third-order valence-electron chi connectivity index (χ3n) is 15.9. The minimum absolute atomic E-state index is 0.119. The smallest absolute Gasteiger partial charge is 0.252 e. The van der Waals surface area contributed by atoms with Gasteiger partial charge in [0.1, 0.15) is 0 Å². The number of hydrogen-bond donors (Lipinski definition) is 0. The molecule has 0 saturated heterocycles. The molecule has 2 heterocycles. The number of anilines is 6. The van der Waals surface area contributed by atoms with Crippen molar-refractivity contribution in [3.8, 4) is 0 Å². The number of hydrogen-bond acceptors (Lipinski definition) is 2. The van der Waals surface area contributed by atoms with Gasteiger partial charge >= 0.3 is 0 Å². The molecular formula is C62H45BN2. The maximum Gasteiger partial charge on any atom is 0.252 e. The molecule has 4 aliphatic rings. The van der Waals surface area contributed by atoms with Crippen molar-refractivity contribution >= 4 is 122 Å². The van der Waals surface area contributed by atoms with Crippen LogP contribution in [0, 0.1) is 0 Å². The summed E-state index contributed by atoms with van der Waals surface area (Å²) in [6, 6.07) is 68.2. The molecule has 0 radical (unpaired) electrons. The molecule has 0 fully saturated rings. The van der Waals surface area contributed by atoms with E-state index in [9.17, 15) is 0 Å². The molecule has 0 unspecified atom stereocenters. The van der Waals surface area contributed by atoms with Gasteiger partial charge in [0, 0.05) is 34.1 Å². The van der Waals surface area contributed by atoms with Gasteiger partial charge in [-0.2, -0.15) is 0 Å². The number of fused-ring (bicyclic) bond motifs is 18. The summed E-state index contributed by atoms with van der Waals surface area (Å²) in [7, 11) is 0. The number of benzene rings is 11. The van der Waals surface area contributed by atoms with E-state index in [-0.39, 0.29) is 6.71 Å². The summed E-state index contributed by atoms with van der Waals surface area (Å²) in [5, 5.41) is 15.7. The molecule has 0 atom stereocenters. The Labute approximate surface area is 379 Å². The van der Waals surface area contributed by atoms with E-state index in [1.54, 1.807) is 11.1 Å². The second kappa shape index (κ2) is 13.6. The topological polar surface area (TPSA) is 6.48 Å². The fourth-order valence-corrected chi connectivity index (χ4v) is 13.0. The second-order valence-corrected chi connectivity index (χ2v) is 19.2. The summed E-state index contributed by atoms with van der Waals surface area (Å²) in [4.78, 5) is 5.29. The van der Waals surface area contributed by atoms with Gasteiger partial charge in [-0.3, -0.25) is 0 Å². The molecule has 0 bridgehead atoms. The summed E-state index contributed by atoms with van der Waals surface area (Å²) in [6.45, 7) is 0.119. The Balaban J connectivity index is 1.03. The van der Waals surface area contributed by atoms with E-state index >= 15 is 0 Å². The van der Waals surface area contributed by atoms with Crippen molar-refractivity contribution < 1.29 is 0 Å². The average molecular weight is 829 g/mol. The van der Waals surface area contributed by atoms with E-state index in [0.29, 0.717) is 0 Å². The van der Waals surface area contributed by atoms with Crippen molar-refractivity contribution in [1.29, 1.82) is 0 Å². The second-order valence-electron chi connectivity index (χ2n) is 19.2. The zero-order valence-corrected chi connectivity index (χ0v) is 36.4. The first-order valence-corrected chi connectivity index (χ1v) is 24.0. The van der Waals surface area contributed by atoms with Crippen molar-refractivity contribution in [3.63, 3.8) is 0 Å². The molecule has 2 nitrogen and oxygen atoms in total. The SMILES string of the molecule is c1cc2c3c(c1)N(c1ccc4c5ccccc5c5ccccc5c4c1)c1cc4c(cc1B3c1cc3c(cc1N2c1ccc2c5ccccc5c5ccccc5c2c1)CCCC3)CCCC4. The molecule has 65 heavy (non-hydrogen) atoms. The van der Waals surface area contributed by atoms with Gasteiger partial charge in [0.2, 0.25) is 0 Å². The summed E-state index contributed by atoms with van der Waals surface area (Å²) in [5.41, 5.74) is 18.1. The maximum absolute atomic E-state index is 2.65. The van der Waals surface area contributed by atoms with E-state index in [1.165, 1.54) is 152 Å².